The summed E-state index contributed by atoms with van der Waals surface area (Å²) >= 11 is 3.33. The Morgan fingerprint density at radius 2 is 2.24 bits per heavy atom. The fourth-order valence-corrected chi connectivity index (χ4v) is 4.52. The molecule has 1 atom stereocenters. The molecule has 2 aromatic rings. The number of thiophene rings is 1. The largest absolute Gasteiger partial charge is 0.388 e. The second kappa shape index (κ2) is 6.48. The standard InChI is InChI=1S/C16H18FNOS2/c17-14-4-3-12(8-13(14)15-2-1-6-21-15)9-18-10-16(19)5-7-20-11-16/h1-4,6,8,18-19H,5,7,9-11H2. The van der Waals surface area contributed by atoms with Crippen molar-refractivity contribution >= 4 is 23.1 Å². The van der Waals surface area contributed by atoms with Gasteiger partial charge < -0.3 is 10.4 Å². The summed E-state index contributed by atoms with van der Waals surface area (Å²) in [7, 11) is 0. The Morgan fingerprint density at radius 1 is 1.33 bits per heavy atom. The van der Waals surface area contributed by atoms with E-state index in [1.165, 1.54) is 17.4 Å². The molecule has 1 fully saturated rings. The molecule has 1 aliphatic rings. The highest BCUT2D eigenvalue weighted by Gasteiger charge is 2.30. The second-order valence-corrected chi connectivity index (χ2v) is 7.47. The Hall–Kier alpha value is -0.880. The number of halogens is 1. The van der Waals surface area contributed by atoms with Crippen LogP contribution in [0.15, 0.2) is 35.7 Å². The van der Waals surface area contributed by atoms with Crippen molar-refractivity contribution in [3.8, 4) is 10.4 Å². The van der Waals surface area contributed by atoms with Crippen molar-refractivity contribution in [3.05, 3.63) is 47.1 Å². The fraction of sp³-hybridized carbons (Fsp3) is 0.375. The smallest absolute Gasteiger partial charge is 0.131 e. The van der Waals surface area contributed by atoms with E-state index >= 15 is 0 Å². The van der Waals surface area contributed by atoms with E-state index in [4.69, 9.17) is 0 Å². The number of aliphatic hydroxyl groups is 1. The number of nitrogens with one attached hydrogen (secondary N) is 1. The van der Waals surface area contributed by atoms with Crippen LogP contribution in [-0.4, -0.2) is 28.8 Å². The van der Waals surface area contributed by atoms with Crippen molar-refractivity contribution in [2.24, 2.45) is 0 Å². The quantitative estimate of drug-likeness (QED) is 0.883. The third-order valence-corrected chi connectivity index (χ3v) is 5.82. The van der Waals surface area contributed by atoms with Crippen molar-refractivity contribution in [1.29, 1.82) is 0 Å². The van der Waals surface area contributed by atoms with E-state index in [0.717, 1.165) is 28.4 Å². The number of thioether (sulfide) groups is 1. The Labute approximate surface area is 132 Å². The number of benzene rings is 1. The van der Waals surface area contributed by atoms with Gasteiger partial charge >= 0.3 is 0 Å². The molecule has 1 aromatic heterocycles. The average molecular weight is 323 g/mol. The van der Waals surface area contributed by atoms with E-state index in [9.17, 15) is 9.50 Å². The number of rotatable bonds is 5. The molecule has 0 amide bonds. The molecule has 3 rings (SSSR count). The molecular weight excluding hydrogens is 305 g/mol. The third kappa shape index (κ3) is 3.66. The molecule has 21 heavy (non-hydrogen) atoms. The Kier molecular flexibility index (Phi) is 4.64. The van der Waals surface area contributed by atoms with Crippen molar-refractivity contribution in [2.75, 3.05) is 18.1 Å². The minimum Gasteiger partial charge on any atom is -0.388 e. The fourth-order valence-electron chi connectivity index (χ4n) is 2.48. The lowest BCUT2D eigenvalue weighted by Gasteiger charge is -2.21. The second-order valence-electron chi connectivity index (χ2n) is 5.42. The summed E-state index contributed by atoms with van der Waals surface area (Å²) in [6.45, 7) is 1.23. The van der Waals surface area contributed by atoms with Crippen molar-refractivity contribution < 1.29 is 9.50 Å². The first-order valence-electron chi connectivity index (χ1n) is 6.99. The predicted molar refractivity (Wildman–Crippen MR) is 88.3 cm³/mol. The van der Waals surface area contributed by atoms with Crippen LogP contribution >= 0.6 is 23.1 Å². The first-order valence-corrected chi connectivity index (χ1v) is 9.03. The zero-order chi connectivity index (χ0) is 14.7. The van der Waals surface area contributed by atoms with Gasteiger partial charge in [-0.15, -0.1) is 11.3 Å². The summed E-state index contributed by atoms with van der Waals surface area (Å²) in [5.41, 5.74) is 1.11. The van der Waals surface area contributed by atoms with Crippen molar-refractivity contribution in [3.63, 3.8) is 0 Å². The molecule has 1 aromatic carbocycles. The maximum atomic E-state index is 13.9. The summed E-state index contributed by atoms with van der Waals surface area (Å²) in [6.07, 6.45) is 0.842. The average Bonchev–Trinajstić information content (AvgIpc) is 3.12. The van der Waals surface area contributed by atoms with E-state index in [0.29, 0.717) is 18.7 Å². The molecule has 1 aliphatic heterocycles. The van der Waals surface area contributed by atoms with Crippen LogP contribution < -0.4 is 5.32 Å². The number of hydrogen-bond acceptors (Lipinski definition) is 4. The monoisotopic (exact) mass is 323 g/mol. The molecule has 0 aliphatic carbocycles. The van der Waals surface area contributed by atoms with Gasteiger partial charge in [-0.1, -0.05) is 12.1 Å². The molecule has 5 heteroatoms. The molecule has 2 N–H and O–H groups in total. The lowest BCUT2D eigenvalue weighted by atomic mass is 10.0. The maximum Gasteiger partial charge on any atom is 0.131 e. The highest BCUT2D eigenvalue weighted by Crippen LogP contribution is 2.29. The molecule has 1 saturated heterocycles. The first kappa shape index (κ1) is 15.0. The topological polar surface area (TPSA) is 32.3 Å². The van der Waals surface area contributed by atoms with Gasteiger partial charge in [-0.2, -0.15) is 11.8 Å². The van der Waals surface area contributed by atoms with Crippen LogP contribution in [0.2, 0.25) is 0 Å². The van der Waals surface area contributed by atoms with Crippen LogP contribution in [0.1, 0.15) is 12.0 Å². The van der Waals surface area contributed by atoms with Crippen LogP contribution in [0.4, 0.5) is 4.39 Å². The zero-order valence-electron chi connectivity index (χ0n) is 11.6. The number of hydrogen-bond donors (Lipinski definition) is 2. The molecule has 0 saturated carbocycles. The van der Waals surface area contributed by atoms with E-state index in [1.54, 1.807) is 17.8 Å². The van der Waals surface area contributed by atoms with Crippen LogP contribution in [0.5, 0.6) is 0 Å². The minimum atomic E-state index is -0.582. The van der Waals surface area contributed by atoms with Gasteiger partial charge in [0.15, 0.2) is 0 Å². The van der Waals surface area contributed by atoms with Gasteiger partial charge in [0.05, 0.1) is 5.60 Å². The van der Waals surface area contributed by atoms with Gasteiger partial charge in [-0.3, -0.25) is 0 Å². The summed E-state index contributed by atoms with van der Waals surface area (Å²) in [5.74, 6) is 1.63. The van der Waals surface area contributed by atoms with Gasteiger partial charge in [-0.25, -0.2) is 4.39 Å². The molecular formula is C16H18FNOS2. The lowest BCUT2D eigenvalue weighted by molar-refractivity contribution is 0.0675. The first-order chi connectivity index (χ1) is 10.2. The highest BCUT2D eigenvalue weighted by atomic mass is 32.2. The molecule has 1 unspecified atom stereocenters. The molecule has 0 spiro atoms. The normalized spacial score (nSPS) is 21.8. The summed E-state index contributed by atoms with van der Waals surface area (Å²) in [4.78, 5) is 0.945. The SMILES string of the molecule is OC1(CNCc2ccc(F)c(-c3cccs3)c2)CCSC1. The van der Waals surface area contributed by atoms with Gasteiger partial charge in [0, 0.05) is 29.3 Å². The molecule has 2 heterocycles. The molecule has 2 nitrogen and oxygen atoms in total. The highest BCUT2D eigenvalue weighted by molar-refractivity contribution is 7.99. The minimum absolute atomic E-state index is 0.188. The lowest BCUT2D eigenvalue weighted by Crippen LogP contribution is -2.40. The van der Waals surface area contributed by atoms with Crippen molar-refractivity contribution in [1.82, 2.24) is 5.32 Å². The molecule has 0 radical (unpaired) electrons. The van der Waals surface area contributed by atoms with Crippen molar-refractivity contribution in [2.45, 2.75) is 18.6 Å². The van der Waals surface area contributed by atoms with Crippen LogP contribution in [0.3, 0.4) is 0 Å². The maximum absolute atomic E-state index is 13.9. The van der Waals surface area contributed by atoms with Crippen LogP contribution in [-0.2, 0) is 6.54 Å². The summed E-state index contributed by atoms with van der Waals surface area (Å²) in [5, 5.41) is 15.5. The zero-order valence-corrected chi connectivity index (χ0v) is 13.3. The Morgan fingerprint density at radius 3 is 2.95 bits per heavy atom. The van der Waals surface area contributed by atoms with E-state index in [-0.39, 0.29) is 5.82 Å². The molecule has 112 valence electrons. The molecule has 0 bridgehead atoms. The summed E-state index contributed by atoms with van der Waals surface area (Å²) in [6, 6.07) is 9.07. The van der Waals surface area contributed by atoms with Gasteiger partial charge in [0.25, 0.3) is 0 Å². The Balaban J connectivity index is 1.65. The van der Waals surface area contributed by atoms with E-state index in [1.807, 2.05) is 23.6 Å². The van der Waals surface area contributed by atoms with Gasteiger partial charge in [0.2, 0.25) is 0 Å². The van der Waals surface area contributed by atoms with E-state index < -0.39 is 5.60 Å². The third-order valence-electron chi connectivity index (χ3n) is 3.68. The Bertz CT molecular complexity index is 594. The van der Waals surface area contributed by atoms with Gasteiger partial charge in [0.1, 0.15) is 5.82 Å². The van der Waals surface area contributed by atoms with Crippen LogP contribution in [0, 0.1) is 5.82 Å². The summed E-state index contributed by atoms with van der Waals surface area (Å²) < 4.78 is 13.9. The van der Waals surface area contributed by atoms with Crippen LogP contribution in [0.25, 0.3) is 10.4 Å². The predicted octanol–water partition coefficient (Wildman–Crippen LogP) is 3.51. The van der Waals surface area contributed by atoms with E-state index in [2.05, 4.69) is 5.32 Å². The van der Waals surface area contributed by atoms with Gasteiger partial charge in [-0.05, 0) is 41.3 Å².